The minimum atomic E-state index is -3.68. The monoisotopic (exact) mass is 449 g/mol. The molecule has 9 nitrogen and oxygen atoms in total. The van der Waals surface area contributed by atoms with Gasteiger partial charge in [-0.3, -0.25) is 19.2 Å². The summed E-state index contributed by atoms with van der Waals surface area (Å²) in [5.41, 5.74) is 1.72. The van der Waals surface area contributed by atoms with Gasteiger partial charge in [0.25, 0.3) is 5.69 Å². The molecule has 1 amide bonds. The molecule has 0 fully saturated rings. The topological polar surface area (TPSA) is 119 Å². The first-order valence-corrected chi connectivity index (χ1v) is 11.6. The van der Waals surface area contributed by atoms with Gasteiger partial charge in [-0.25, -0.2) is 8.42 Å². The van der Waals surface area contributed by atoms with Gasteiger partial charge in [-0.1, -0.05) is 18.2 Å². The molecule has 0 spiro atoms. The summed E-state index contributed by atoms with van der Waals surface area (Å²) in [7, 11) is -3.68. The summed E-state index contributed by atoms with van der Waals surface area (Å²) in [4.78, 5) is 22.5. The second kappa shape index (κ2) is 10.8. The average molecular weight is 450 g/mol. The summed E-state index contributed by atoms with van der Waals surface area (Å²) in [5.74, 6) is 0.502. The lowest BCUT2D eigenvalue weighted by molar-refractivity contribution is -0.384. The van der Waals surface area contributed by atoms with Gasteiger partial charge in [-0.05, 0) is 43.5 Å². The number of nitrogens with one attached hydrogen (secondary N) is 1. The van der Waals surface area contributed by atoms with Gasteiger partial charge >= 0.3 is 0 Å². The minimum absolute atomic E-state index is 0.0358. The van der Waals surface area contributed by atoms with Gasteiger partial charge in [0, 0.05) is 25.1 Å². The molecule has 2 rings (SSSR count). The van der Waals surface area contributed by atoms with Crippen molar-refractivity contribution in [2.75, 3.05) is 30.3 Å². The number of non-ortho nitro benzene ring substituents is 1. The normalized spacial score (nSPS) is 11.1. The molecule has 0 atom stereocenters. The number of hydrogen-bond donors (Lipinski definition) is 1. The Morgan fingerprint density at radius 3 is 2.58 bits per heavy atom. The Labute approximate surface area is 182 Å². The van der Waals surface area contributed by atoms with Crippen LogP contribution in [0.3, 0.4) is 0 Å². The van der Waals surface area contributed by atoms with E-state index in [1.807, 2.05) is 31.2 Å². The van der Waals surface area contributed by atoms with Crippen molar-refractivity contribution in [2.45, 2.75) is 26.7 Å². The molecule has 0 saturated carbocycles. The van der Waals surface area contributed by atoms with Gasteiger partial charge in [-0.15, -0.1) is 0 Å². The Morgan fingerprint density at radius 2 is 1.94 bits per heavy atom. The Balaban J connectivity index is 1.87. The van der Waals surface area contributed by atoms with Gasteiger partial charge < -0.3 is 10.1 Å². The van der Waals surface area contributed by atoms with E-state index in [0.717, 1.165) is 21.9 Å². The first-order chi connectivity index (χ1) is 14.6. The van der Waals surface area contributed by atoms with E-state index in [1.54, 1.807) is 6.92 Å². The number of sulfonamides is 1. The van der Waals surface area contributed by atoms with E-state index < -0.39 is 14.9 Å². The third kappa shape index (κ3) is 7.56. The summed E-state index contributed by atoms with van der Waals surface area (Å²) < 4.78 is 31.2. The van der Waals surface area contributed by atoms with Crippen LogP contribution in [0, 0.1) is 24.0 Å². The van der Waals surface area contributed by atoms with Crippen molar-refractivity contribution >= 4 is 27.3 Å². The lowest BCUT2D eigenvalue weighted by Crippen LogP contribution is -2.33. The average Bonchev–Trinajstić information content (AvgIpc) is 2.68. The molecule has 0 bridgehead atoms. The first-order valence-electron chi connectivity index (χ1n) is 9.77. The molecule has 31 heavy (non-hydrogen) atoms. The molecular weight excluding hydrogens is 422 g/mol. The van der Waals surface area contributed by atoms with Gasteiger partial charge in [0.1, 0.15) is 12.4 Å². The Morgan fingerprint density at radius 1 is 1.19 bits per heavy atom. The molecule has 0 aliphatic carbocycles. The second-order valence-electron chi connectivity index (χ2n) is 7.18. The van der Waals surface area contributed by atoms with Crippen molar-refractivity contribution in [3.8, 4) is 5.75 Å². The number of nitrogens with zero attached hydrogens (tertiary/aromatic N) is 2. The summed E-state index contributed by atoms with van der Waals surface area (Å²) in [6.07, 6.45) is 1.41. The highest BCUT2D eigenvalue weighted by Crippen LogP contribution is 2.27. The number of ether oxygens (including phenoxy) is 1. The number of carbonyl (C=O) groups excluding carboxylic acids is 1. The van der Waals surface area contributed by atoms with E-state index in [9.17, 15) is 23.3 Å². The quantitative estimate of drug-likeness (QED) is 0.320. The number of aryl methyl sites for hydroxylation is 2. The van der Waals surface area contributed by atoms with Crippen LogP contribution < -0.4 is 14.4 Å². The molecule has 0 heterocycles. The summed E-state index contributed by atoms with van der Waals surface area (Å²) in [6.45, 7) is 4.32. The molecule has 2 aromatic carbocycles. The minimum Gasteiger partial charge on any atom is -0.492 e. The molecule has 1 N–H and O–H groups in total. The Hall–Kier alpha value is -3.14. The molecular formula is C21H27N3O6S. The van der Waals surface area contributed by atoms with E-state index in [-0.39, 0.29) is 36.7 Å². The van der Waals surface area contributed by atoms with Crippen LogP contribution in [0.2, 0.25) is 0 Å². The van der Waals surface area contributed by atoms with E-state index in [2.05, 4.69) is 5.32 Å². The number of carbonyl (C=O) groups is 1. The second-order valence-corrected chi connectivity index (χ2v) is 9.09. The largest absolute Gasteiger partial charge is 0.492 e. The zero-order valence-electron chi connectivity index (χ0n) is 17.8. The van der Waals surface area contributed by atoms with Crippen LogP contribution in [0.15, 0.2) is 42.5 Å². The van der Waals surface area contributed by atoms with Crippen molar-refractivity contribution in [3.05, 3.63) is 63.7 Å². The number of anilines is 1. The zero-order chi connectivity index (χ0) is 23.0. The van der Waals surface area contributed by atoms with Crippen LogP contribution >= 0.6 is 0 Å². The maximum absolute atomic E-state index is 12.2. The molecule has 0 radical (unpaired) electrons. The van der Waals surface area contributed by atoms with Gasteiger partial charge in [0.2, 0.25) is 15.9 Å². The Bertz CT molecular complexity index is 1040. The van der Waals surface area contributed by atoms with Crippen molar-refractivity contribution in [1.82, 2.24) is 5.32 Å². The smallest absolute Gasteiger partial charge is 0.271 e. The number of hydrogen-bond acceptors (Lipinski definition) is 6. The van der Waals surface area contributed by atoms with E-state index >= 15 is 0 Å². The standard InChI is InChI=1S/C21H27N3O6S/c1-16-6-4-7-19(14-16)30-13-11-22-21(25)8-5-12-23(31(3,28)29)20-15-18(24(26)27)10-9-17(20)2/h4,6-7,9-10,14-15H,5,8,11-13H2,1-3H3,(H,22,25). The third-order valence-electron chi connectivity index (χ3n) is 4.52. The van der Waals surface area contributed by atoms with Crippen LogP contribution in [-0.4, -0.2) is 45.2 Å². The van der Waals surface area contributed by atoms with Crippen molar-refractivity contribution < 1.29 is 22.9 Å². The predicted octanol–water partition coefficient (Wildman–Crippen LogP) is 2.95. The first kappa shape index (κ1) is 24.1. The fraction of sp³-hybridized carbons (Fsp3) is 0.381. The lowest BCUT2D eigenvalue weighted by Gasteiger charge is -2.24. The lowest BCUT2D eigenvalue weighted by atomic mass is 10.1. The summed E-state index contributed by atoms with van der Waals surface area (Å²) in [6, 6.07) is 11.7. The van der Waals surface area contributed by atoms with Gasteiger partial charge in [0.05, 0.1) is 23.4 Å². The third-order valence-corrected chi connectivity index (χ3v) is 5.70. The molecule has 10 heteroatoms. The molecule has 2 aromatic rings. The Kier molecular flexibility index (Phi) is 8.38. The van der Waals surface area contributed by atoms with Crippen LogP contribution in [0.25, 0.3) is 0 Å². The summed E-state index contributed by atoms with van der Waals surface area (Å²) >= 11 is 0. The maximum Gasteiger partial charge on any atom is 0.271 e. The van der Waals surface area contributed by atoms with Crippen molar-refractivity contribution in [3.63, 3.8) is 0 Å². The molecule has 168 valence electrons. The van der Waals surface area contributed by atoms with E-state index in [0.29, 0.717) is 18.7 Å². The zero-order valence-corrected chi connectivity index (χ0v) is 18.6. The number of benzene rings is 2. The fourth-order valence-corrected chi connectivity index (χ4v) is 4.00. The SMILES string of the molecule is Cc1cccc(OCCNC(=O)CCCN(c2cc([N+](=O)[O-])ccc2C)S(C)(=O)=O)c1. The molecule has 0 saturated heterocycles. The predicted molar refractivity (Wildman–Crippen MR) is 119 cm³/mol. The van der Waals surface area contributed by atoms with E-state index in [1.165, 1.54) is 18.2 Å². The number of nitro benzene ring substituents is 1. The molecule has 0 aromatic heterocycles. The number of amides is 1. The van der Waals surface area contributed by atoms with Crippen LogP contribution in [0.4, 0.5) is 11.4 Å². The van der Waals surface area contributed by atoms with Gasteiger partial charge in [0.15, 0.2) is 0 Å². The van der Waals surface area contributed by atoms with E-state index in [4.69, 9.17) is 4.74 Å². The highest BCUT2D eigenvalue weighted by Gasteiger charge is 2.21. The fourth-order valence-electron chi connectivity index (χ4n) is 2.98. The van der Waals surface area contributed by atoms with Crippen LogP contribution in [0.5, 0.6) is 5.75 Å². The number of rotatable bonds is 11. The molecule has 0 aliphatic rings. The summed E-state index contributed by atoms with van der Waals surface area (Å²) in [5, 5.41) is 13.8. The highest BCUT2D eigenvalue weighted by atomic mass is 32.2. The van der Waals surface area contributed by atoms with Crippen LogP contribution in [-0.2, 0) is 14.8 Å². The van der Waals surface area contributed by atoms with Crippen molar-refractivity contribution in [2.24, 2.45) is 0 Å². The van der Waals surface area contributed by atoms with Crippen molar-refractivity contribution in [1.29, 1.82) is 0 Å². The van der Waals surface area contributed by atoms with Gasteiger partial charge in [-0.2, -0.15) is 0 Å². The maximum atomic E-state index is 12.2. The molecule has 0 unspecified atom stereocenters. The highest BCUT2D eigenvalue weighted by molar-refractivity contribution is 7.92. The number of nitro groups is 1. The van der Waals surface area contributed by atoms with Crippen LogP contribution in [0.1, 0.15) is 24.0 Å². The molecule has 0 aliphatic heterocycles.